The summed E-state index contributed by atoms with van der Waals surface area (Å²) in [6, 6.07) is 14.1. The van der Waals surface area contributed by atoms with E-state index in [0.717, 1.165) is 26.6 Å². The first-order valence-electron chi connectivity index (χ1n) is 7.58. The van der Waals surface area contributed by atoms with Crippen LogP contribution in [0.2, 0.25) is 0 Å². The molecular weight excluding hydrogens is 352 g/mol. The summed E-state index contributed by atoms with van der Waals surface area (Å²) in [7, 11) is 1.67. The van der Waals surface area contributed by atoms with Crippen molar-refractivity contribution in [3.8, 4) is 22.6 Å². The molecule has 1 aliphatic carbocycles. The second kappa shape index (κ2) is 4.75. The van der Waals surface area contributed by atoms with Crippen molar-refractivity contribution in [2.45, 2.75) is 19.3 Å². The van der Waals surface area contributed by atoms with Crippen LogP contribution in [-0.4, -0.2) is 12.2 Å². The summed E-state index contributed by atoms with van der Waals surface area (Å²) in [4.78, 5) is 0. The third kappa shape index (κ3) is 1.93. The molecule has 0 aromatic heterocycles. The lowest BCUT2D eigenvalue weighted by Crippen LogP contribution is -2.14. The molecule has 0 fully saturated rings. The van der Waals surface area contributed by atoms with Crippen molar-refractivity contribution in [2.75, 3.05) is 7.11 Å². The molecule has 0 saturated carbocycles. The minimum atomic E-state index is -0.150. The molecule has 0 spiro atoms. The molecule has 0 heterocycles. The van der Waals surface area contributed by atoms with Gasteiger partial charge >= 0.3 is 0 Å². The van der Waals surface area contributed by atoms with E-state index in [2.05, 4.69) is 48.0 Å². The molecule has 4 rings (SSSR count). The summed E-state index contributed by atoms with van der Waals surface area (Å²) in [5.41, 5.74) is 4.71. The molecule has 0 unspecified atom stereocenters. The highest BCUT2D eigenvalue weighted by atomic mass is 79.9. The van der Waals surface area contributed by atoms with Gasteiger partial charge < -0.3 is 9.84 Å². The van der Waals surface area contributed by atoms with E-state index in [-0.39, 0.29) is 5.41 Å². The van der Waals surface area contributed by atoms with Gasteiger partial charge in [0.15, 0.2) is 0 Å². The number of phenols is 1. The van der Waals surface area contributed by atoms with Gasteiger partial charge in [0.1, 0.15) is 11.5 Å². The quantitative estimate of drug-likeness (QED) is 0.603. The molecule has 3 heteroatoms. The van der Waals surface area contributed by atoms with Crippen molar-refractivity contribution in [3.05, 3.63) is 58.1 Å². The van der Waals surface area contributed by atoms with Crippen molar-refractivity contribution in [1.82, 2.24) is 0 Å². The Bertz CT molecular complexity index is 958. The van der Waals surface area contributed by atoms with Crippen molar-refractivity contribution < 1.29 is 9.84 Å². The fourth-order valence-electron chi connectivity index (χ4n) is 3.69. The van der Waals surface area contributed by atoms with Gasteiger partial charge in [-0.05, 0) is 64.0 Å². The van der Waals surface area contributed by atoms with E-state index in [1.807, 2.05) is 24.3 Å². The molecule has 0 atom stereocenters. The average molecular weight is 369 g/mol. The number of aromatic hydroxyl groups is 1. The first kappa shape index (κ1) is 14.6. The number of rotatable bonds is 1. The van der Waals surface area contributed by atoms with Crippen LogP contribution in [0.4, 0.5) is 0 Å². The van der Waals surface area contributed by atoms with Crippen molar-refractivity contribution in [2.24, 2.45) is 0 Å². The van der Waals surface area contributed by atoms with Crippen LogP contribution < -0.4 is 4.74 Å². The molecule has 0 amide bonds. The zero-order valence-corrected chi connectivity index (χ0v) is 14.9. The normalized spacial score (nSPS) is 14.6. The minimum absolute atomic E-state index is 0.150. The third-order valence-corrected chi connectivity index (χ3v) is 5.41. The van der Waals surface area contributed by atoms with Gasteiger partial charge in [-0.3, -0.25) is 0 Å². The van der Waals surface area contributed by atoms with Gasteiger partial charge in [0.05, 0.1) is 7.11 Å². The predicted molar refractivity (Wildman–Crippen MR) is 97.4 cm³/mol. The lowest BCUT2D eigenvalue weighted by atomic mass is 9.82. The Labute approximate surface area is 143 Å². The highest BCUT2D eigenvalue weighted by Gasteiger charge is 2.37. The lowest BCUT2D eigenvalue weighted by Gasteiger charge is -2.22. The number of methoxy groups -OCH3 is 1. The van der Waals surface area contributed by atoms with Crippen LogP contribution in [0.15, 0.2) is 46.9 Å². The zero-order valence-electron chi connectivity index (χ0n) is 13.3. The number of halogens is 1. The molecule has 0 bridgehead atoms. The lowest BCUT2D eigenvalue weighted by molar-refractivity contribution is 0.415. The van der Waals surface area contributed by atoms with Gasteiger partial charge in [-0.15, -0.1) is 0 Å². The highest BCUT2D eigenvalue weighted by Crippen LogP contribution is 2.53. The van der Waals surface area contributed by atoms with Gasteiger partial charge in [0.25, 0.3) is 0 Å². The standard InChI is InChI=1S/C20H17BrO2/c1-20(2)16-8-11(21)4-6-14(16)19-15-9-12(23-3)5-7-13(15)18(22)10-17(19)20/h4-10,22H,1-3H3. The van der Waals surface area contributed by atoms with Crippen LogP contribution in [0.5, 0.6) is 11.5 Å². The molecular formula is C20H17BrO2. The molecule has 2 nitrogen and oxygen atoms in total. The molecule has 0 radical (unpaired) electrons. The molecule has 3 aromatic carbocycles. The van der Waals surface area contributed by atoms with Crippen molar-refractivity contribution >= 4 is 26.7 Å². The fraction of sp³-hybridized carbons (Fsp3) is 0.200. The van der Waals surface area contributed by atoms with E-state index < -0.39 is 0 Å². The summed E-state index contributed by atoms with van der Waals surface area (Å²) >= 11 is 3.58. The van der Waals surface area contributed by atoms with Crippen LogP contribution in [-0.2, 0) is 5.41 Å². The minimum Gasteiger partial charge on any atom is -0.507 e. The summed E-state index contributed by atoms with van der Waals surface area (Å²) < 4.78 is 6.46. The fourth-order valence-corrected chi connectivity index (χ4v) is 4.05. The van der Waals surface area contributed by atoms with Crippen LogP contribution in [0.3, 0.4) is 0 Å². The van der Waals surface area contributed by atoms with Gasteiger partial charge in [-0.25, -0.2) is 0 Å². The second-order valence-corrected chi connectivity index (χ2v) is 7.46. The van der Waals surface area contributed by atoms with E-state index in [1.165, 1.54) is 16.7 Å². The summed E-state index contributed by atoms with van der Waals surface area (Å²) in [6.07, 6.45) is 0. The zero-order chi connectivity index (χ0) is 16.4. The van der Waals surface area contributed by atoms with Gasteiger partial charge in [0.2, 0.25) is 0 Å². The van der Waals surface area contributed by atoms with Crippen molar-refractivity contribution in [1.29, 1.82) is 0 Å². The molecule has 0 saturated heterocycles. The van der Waals surface area contributed by atoms with Crippen LogP contribution in [0.1, 0.15) is 25.0 Å². The van der Waals surface area contributed by atoms with E-state index in [0.29, 0.717) is 5.75 Å². The van der Waals surface area contributed by atoms with Gasteiger partial charge in [0, 0.05) is 15.3 Å². The molecule has 3 aromatic rings. The van der Waals surface area contributed by atoms with Gasteiger partial charge in [-0.2, -0.15) is 0 Å². The van der Waals surface area contributed by atoms with Crippen LogP contribution in [0, 0.1) is 0 Å². The molecule has 23 heavy (non-hydrogen) atoms. The Hall–Kier alpha value is -2.00. The summed E-state index contributed by atoms with van der Waals surface area (Å²) in [5, 5.41) is 12.4. The summed E-state index contributed by atoms with van der Waals surface area (Å²) in [5.74, 6) is 1.12. The monoisotopic (exact) mass is 368 g/mol. The smallest absolute Gasteiger partial charge is 0.123 e. The molecule has 1 aliphatic rings. The number of ether oxygens (including phenoxy) is 1. The van der Waals surface area contributed by atoms with E-state index in [1.54, 1.807) is 7.11 Å². The average Bonchev–Trinajstić information content (AvgIpc) is 2.75. The third-order valence-electron chi connectivity index (χ3n) is 4.92. The number of phenolic OH excluding ortho intramolecular Hbond substituents is 1. The molecule has 116 valence electrons. The van der Waals surface area contributed by atoms with E-state index in [4.69, 9.17) is 4.74 Å². The number of benzene rings is 3. The topological polar surface area (TPSA) is 29.5 Å². The highest BCUT2D eigenvalue weighted by molar-refractivity contribution is 9.10. The maximum absolute atomic E-state index is 10.5. The van der Waals surface area contributed by atoms with Crippen LogP contribution in [0.25, 0.3) is 21.9 Å². The largest absolute Gasteiger partial charge is 0.507 e. The Morgan fingerprint density at radius 1 is 0.957 bits per heavy atom. The van der Waals surface area contributed by atoms with Gasteiger partial charge in [-0.1, -0.05) is 35.8 Å². The predicted octanol–water partition coefficient (Wildman–Crippen LogP) is 5.62. The molecule has 1 N–H and O–H groups in total. The van der Waals surface area contributed by atoms with Crippen LogP contribution >= 0.6 is 15.9 Å². The Morgan fingerprint density at radius 2 is 1.74 bits per heavy atom. The van der Waals surface area contributed by atoms with E-state index >= 15 is 0 Å². The van der Waals surface area contributed by atoms with E-state index in [9.17, 15) is 5.11 Å². The second-order valence-electron chi connectivity index (χ2n) is 6.54. The molecule has 0 aliphatic heterocycles. The first-order valence-corrected chi connectivity index (χ1v) is 8.37. The first-order chi connectivity index (χ1) is 10.9. The SMILES string of the molecule is COc1ccc2c(O)cc3c(c2c1)-c1ccc(Br)cc1C3(C)C. The van der Waals surface area contributed by atoms with Crippen molar-refractivity contribution in [3.63, 3.8) is 0 Å². The number of fused-ring (bicyclic) bond motifs is 5. The Morgan fingerprint density at radius 3 is 2.48 bits per heavy atom. The summed E-state index contributed by atoms with van der Waals surface area (Å²) in [6.45, 7) is 4.41. The maximum atomic E-state index is 10.5. The number of hydrogen-bond acceptors (Lipinski definition) is 2. The Balaban J connectivity index is 2.19. The maximum Gasteiger partial charge on any atom is 0.123 e. The number of hydrogen-bond donors (Lipinski definition) is 1. The Kier molecular flexibility index (Phi) is 3.01.